The number of amides is 2. The first-order chi connectivity index (χ1) is 7.63. The Bertz CT molecular complexity index is 355. The van der Waals surface area contributed by atoms with Crippen molar-refractivity contribution in [2.24, 2.45) is 0 Å². The molecule has 1 atom stereocenters. The van der Waals surface area contributed by atoms with Crippen LogP contribution in [0.5, 0.6) is 0 Å². The summed E-state index contributed by atoms with van der Waals surface area (Å²) in [5, 5.41) is 5.21. The first-order valence-electron chi connectivity index (χ1n) is 5.45. The molecule has 88 valence electrons. The van der Waals surface area contributed by atoms with Gasteiger partial charge in [0.2, 0.25) is 0 Å². The number of nitrogens with one attached hydrogen (secondary N) is 2. The number of carbonyl (C=O) groups excluding carboxylic acids is 1. The lowest BCUT2D eigenvalue weighted by molar-refractivity contribution is 0.248. The number of para-hydroxylation sites is 1. The van der Waals surface area contributed by atoms with Crippen LogP contribution in [0, 0.1) is 5.82 Å². The van der Waals surface area contributed by atoms with Crippen molar-refractivity contribution in [3.63, 3.8) is 0 Å². The van der Waals surface area contributed by atoms with E-state index in [9.17, 15) is 9.18 Å². The van der Waals surface area contributed by atoms with Gasteiger partial charge in [0, 0.05) is 6.04 Å². The second-order valence-corrected chi connectivity index (χ2v) is 3.77. The molecule has 3 nitrogen and oxygen atoms in total. The second kappa shape index (κ2) is 6.10. The molecule has 0 aromatic heterocycles. The minimum Gasteiger partial charge on any atom is -0.335 e. The quantitative estimate of drug-likeness (QED) is 0.810. The molecule has 1 aromatic rings. The third-order valence-electron chi connectivity index (χ3n) is 2.22. The predicted octanol–water partition coefficient (Wildman–Crippen LogP) is 3.14. The molecule has 2 amide bonds. The minimum absolute atomic E-state index is 0.0942. The van der Waals surface area contributed by atoms with E-state index >= 15 is 0 Å². The van der Waals surface area contributed by atoms with Crippen LogP contribution >= 0.6 is 0 Å². The summed E-state index contributed by atoms with van der Waals surface area (Å²) >= 11 is 0. The van der Waals surface area contributed by atoms with Crippen LogP contribution in [0.2, 0.25) is 0 Å². The number of urea groups is 1. The van der Waals surface area contributed by atoms with Crippen molar-refractivity contribution in [1.29, 1.82) is 0 Å². The SMILES string of the molecule is CCCC(C)NC(=O)Nc1ccccc1F. The molecule has 0 aliphatic heterocycles. The van der Waals surface area contributed by atoms with E-state index in [0.29, 0.717) is 0 Å². The fraction of sp³-hybridized carbons (Fsp3) is 0.417. The van der Waals surface area contributed by atoms with Gasteiger partial charge >= 0.3 is 6.03 Å². The van der Waals surface area contributed by atoms with Gasteiger partial charge in [0.1, 0.15) is 5.82 Å². The minimum atomic E-state index is -0.430. The fourth-order valence-electron chi connectivity index (χ4n) is 1.45. The number of hydrogen-bond acceptors (Lipinski definition) is 1. The molecule has 0 radical (unpaired) electrons. The van der Waals surface area contributed by atoms with Crippen LogP contribution in [0.15, 0.2) is 24.3 Å². The monoisotopic (exact) mass is 224 g/mol. The molecule has 16 heavy (non-hydrogen) atoms. The Morgan fingerprint density at radius 3 is 2.75 bits per heavy atom. The largest absolute Gasteiger partial charge is 0.335 e. The molecule has 0 saturated heterocycles. The van der Waals surface area contributed by atoms with Gasteiger partial charge in [-0.2, -0.15) is 0 Å². The van der Waals surface area contributed by atoms with E-state index in [4.69, 9.17) is 0 Å². The summed E-state index contributed by atoms with van der Waals surface area (Å²) in [7, 11) is 0. The van der Waals surface area contributed by atoms with Gasteiger partial charge in [-0.25, -0.2) is 9.18 Å². The molecule has 1 rings (SSSR count). The van der Waals surface area contributed by atoms with E-state index < -0.39 is 5.82 Å². The molecule has 1 unspecified atom stereocenters. The average molecular weight is 224 g/mol. The third kappa shape index (κ3) is 3.88. The van der Waals surface area contributed by atoms with Gasteiger partial charge in [0.15, 0.2) is 0 Å². The lowest BCUT2D eigenvalue weighted by Gasteiger charge is -2.13. The summed E-state index contributed by atoms with van der Waals surface area (Å²) in [6, 6.07) is 5.82. The lowest BCUT2D eigenvalue weighted by atomic mass is 10.2. The maximum atomic E-state index is 13.2. The summed E-state index contributed by atoms with van der Waals surface area (Å²) < 4.78 is 13.2. The standard InChI is InChI=1S/C12H17FN2O/c1-3-6-9(2)14-12(16)15-11-8-5-4-7-10(11)13/h4-5,7-9H,3,6H2,1-2H3,(H2,14,15,16). The van der Waals surface area contributed by atoms with Crippen LogP contribution < -0.4 is 10.6 Å². The first kappa shape index (κ1) is 12.5. The normalized spacial score (nSPS) is 11.9. The van der Waals surface area contributed by atoms with Crippen LogP contribution in [0.25, 0.3) is 0 Å². The number of benzene rings is 1. The van der Waals surface area contributed by atoms with Crippen LogP contribution in [0.3, 0.4) is 0 Å². The maximum absolute atomic E-state index is 13.2. The van der Waals surface area contributed by atoms with Crippen molar-refractivity contribution in [1.82, 2.24) is 5.32 Å². The van der Waals surface area contributed by atoms with Gasteiger partial charge in [-0.1, -0.05) is 25.5 Å². The zero-order valence-corrected chi connectivity index (χ0v) is 9.59. The summed E-state index contributed by atoms with van der Waals surface area (Å²) in [4.78, 5) is 11.5. The summed E-state index contributed by atoms with van der Waals surface area (Å²) in [6.07, 6.45) is 1.91. The number of halogens is 1. The van der Waals surface area contributed by atoms with Crippen molar-refractivity contribution < 1.29 is 9.18 Å². The summed E-state index contributed by atoms with van der Waals surface area (Å²) in [6.45, 7) is 3.97. The second-order valence-electron chi connectivity index (χ2n) is 3.77. The molecule has 0 bridgehead atoms. The molecule has 0 aliphatic carbocycles. The smallest absolute Gasteiger partial charge is 0.319 e. The Balaban J connectivity index is 2.49. The van der Waals surface area contributed by atoms with Crippen LogP contribution in [-0.4, -0.2) is 12.1 Å². The van der Waals surface area contributed by atoms with Gasteiger partial charge in [-0.05, 0) is 25.5 Å². The molecule has 0 fully saturated rings. The van der Waals surface area contributed by atoms with E-state index in [0.717, 1.165) is 12.8 Å². The zero-order valence-electron chi connectivity index (χ0n) is 9.59. The van der Waals surface area contributed by atoms with Crippen LogP contribution in [-0.2, 0) is 0 Å². The van der Waals surface area contributed by atoms with Crippen molar-refractivity contribution in [2.75, 3.05) is 5.32 Å². The highest BCUT2D eigenvalue weighted by Crippen LogP contribution is 2.11. The highest BCUT2D eigenvalue weighted by atomic mass is 19.1. The van der Waals surface area contributed by atoms with E-state index in [1.807, 2.05) is 13.8 Å². The first-order valence-corrected chi connectivity index (χ1v) is 5.45. The molecular weight excluding hydrogens is 207 g/mol. The van der Waals surface area contributed by atoms with Crippen molar-refractivity contribution in [2.45, 2.75) is 32.7 Å². The number of hydrogen-bond donors (Lipinski definition) is 2. The molecular formula is C12H17FN2O. The molecule has 0 heterocycles. The van der Waals surface area contributed by atoms with E-state index in [2.05, 4.69) is 10.6 Å². The Hall–Kier alpha value is -1.58. The van der Waals surface area contributed by atoms with Gasteiger partial charge in [-0.3, -0.25) is 0 Å². The Morgan fingerprint density at radius 2 is 2.12 bits per heavy atom. The Labute approximate surface area is 95.0 Å². The molecule has 0 saturated carbocycles. The average Bonchev–Trinajstić information content (AvgIpc) is 2.21. The molecule has 2 N–H and O–H groups in total. The van der Waals surface area contributed by atoms with Crippen molar-refractivity contribution >= 4 is 11.7 Å². The van der Waals surface area contributed by atoms with Gasteiger partial charge in [-0.15, -0.1) is 0 Å². The van der Waals surface area contributed by atoms with Gasteiger partial charge in [0.05, 0.1) is 5.69 Å². The molecule has 0 aliphatic rings. The highest BCUT2D eigenvalue weighted by Gasteiger charge is 2.08. The maximum Gasteiger partial charge on any atom is 0.319 e. The highest BCUT2D eigenvalue weighted by molar-refractivity contribution is 5.89. The van der Waals surface area contributed by atoms with Crippen molar-refractivity contribution in [3.05, 3.63) is 30.1 Å². The van der Waals surface area contributed by atoms with Crippen LogP contribution in [0.4, 0.5) is 14.9 Å². The number of rotatable bonds is 4. The van der Waals surface area contributed by atoms with Gasteiger partial charge < -0.3 is 10.6 Å². The summed E-state index contributed by atoms with van der Waals surface area (Å²) in [5.41, 5.74) is 0.198. The fourth-order valence-corrected chi connectivity index (χ4v) is 1.45. The zero-order chi connectivity index (χ0) is 12.0. The van der Waals surface area contributed by atoms with Crippen LogP contribution in [0.1, 0.15) is 26.7 Å². The topological polar surface area (TPSA) is 41.1 Å². The molecule has 4 heteroatoms. The van der Waals surface area contributed by atoms with E-state index in [1.54, 1.807) is 12.1 Å². The van der Waals surface area contributed by atoms with Gasteiger partial charge in [0.25, 0.3) is 0 Å². The molecule has 0 spiro atoms. The number of carbonyl (C=O) groups is 1. The molecule has 1 aromatic carbocycles. The van der Waals surface area contributed by atoms with E-state index in [-0.39, 0.29) is 17.8 Å². The third-order valence-corrected chi connectivity index (χ3v) is 2.22. The number of anilines is 1. The van der Waals surface area contributed by atoms with Crippen molar-refractivity contribution in [3.8, 4) is 0 Å². The lowest BCUT2D eigenvalue weighted by Crippen LogP contribution is -2.36. The van der Waals surface area contributed by atoms with E-state index in [1.165, 1.54) is 12.1 Å². The Kier molecular flexibility index (Phi) is 4.76. The summed E-state index contributed by atoms with van der Waals surface area (Å²) in [5.74, 6) is -0.430. The Morgan fingerprint density at radius 1 is 1.44 bits per heavy atom. The predicted molar refractivity (Wildman–Crippen MR) is 62.9 cm³/mol.